The number of carbonyl (C=O) groups is 1. The molecule has 1 amide bonds. The Hall–Kier alpha value is -2.22. The minimum absolute atomic E-state index is 0.103. The van der Waals surface area contributed by atoms with Gasteiger partial charge in [0.25, 0.3) is 5.91 Å². The lowest BCUT2D eigenvalue weighted by molar-refractivity contribution is 0.0728. The zero-order valence-electron chi connectivity index (χ0n) is 14.4. The molecule has 1 fully saturated rings. The molecule has 1 unspecified atom stereocenters. The normalized spacial score (nSPS) is 15.5. The maximum atomic E-state index is 12.3. The van der Waals surface area contributed by atoms with E-state index < -0.39 is 6.10 Å². The highest BCUT2D eigenvalue weighted by atomic mass is 35.5. The van der Waals surface area contributed by atoms with E-state index in [-0.39, 0.29) is 5.91 Å². The molecule has 1 aromatic heterocycles. The molecule has 3 N–H and O–H groups in total. The van der Waals surface area contributed by atoms with E-state index in [1.54, 1.807) is 29.2 Å². The van der Waals surface area contributed by atoms with Crippen molar-refractivity contribution in [1.82, 2.24) is 20.4 Å². The van der Waals surface area contributed by atoms with Crippen LogP contribution in [0.3, 0.4) is 0 Å². The Kier molecular flexibility index (Phi) is 6.38. The van der Waals surface area contributed by atoms with E-state index in [1.165, 1.54) is 0 Å². The molecular weight excluding hydrogens is 354 g/mol. The van der Waals surface area contributed by atoms with Crippen LogP contribution in [-0.4, -0.2) is 64.9 Å². The molecular formula is C18H22ClN5O2. The summed E-state index contributed by atoms with van der Waals surface area (Å²) in [5.41, 5.74) is 1.34. The van der Waals surface area contributed by atoms with E-state index in [2.05, 4.69) is 20.8 Å². The molecule has 0 radical (unpaired) electrons. The van der Waals surface area contributed by atoms with Gasteiger partial charge in [-0.2, -0.15) is 0 Å². The number of aromatic nitrogens is 2. The summed E-state index contributed by atoms with van der Waals surface area (Å²) in [7, 11) is 0. The molecule has 0 aliphatic carbocycles. The van der Waals surface area contributed by atoms with Crippen molar-refractivity contribution in [2.45, 2.75) is 12.5 Å². The molecule has 0 spiro atoms. The predicted octanol–water partition coefficient (Wildman–Crippen LogP) is 1.19. The van der Waals surface area contributed by atoms with Gasteiger partial charge in [0, 0.05) is 44.2 Å². The van der Waals surface area contributed by atoms with Crippen molar-refractivity contribution in [3.8, 4) is 0 Å². The molecule has 138 valence electrons. The molecule has 8 heteroatoms. The Morgan fingerprint density at radius 1 is 1.19 bits per heavy atom. The Morgan fingerprint density at radius 3 is 2.58 bits per heavy atom. The van der Waals surface area contributed by atoms with Crippen molar-refractivity contribution in [3.63, 3.8) is 0 Å². The second-order valence-corrected chi connectivity index (χ2v) is 6.65. The largest absolute Gasteiger partial charge is 0.391 e. The topological polar surface area (TPSA) is 90.4 Å². The lowest BCUT2D eigenvalue weighted by Crippen LogP contribution is -2.46. The standard InChI is InChI=1S/C18H22ClN5O2/c19-14-3-1-13(2-4-14)11-15(25)12-21-17-6-5-16(22-23-17)18(26)24-9-7-20-8-10-24/h1-6,15,20,25H,7-12H2,(H,21,23). The van der Waals surface area contributed by atoms with Gasteiger partial charge in [0.2, 0.25) is 0 Å². The van der Waals surface area contributed by atoms with Crippen molar-refractivity contribution in [3.05, 3.63) is 52.7 Å². The van der Waals surface area contributed by atoms with Crippen molar-refractivity contribution < 1.29 is 9.90 Å². The first kappa shape index (κ1) is 18.6. The zero-order valence-corrected chi connectivity index (χ0v) is 15.1. The highest BCUT2D eigenvalue weighted by Gasteiger charge is 2.19. The molecule has 1 aromatic carbocycles. The second kappa shape index (κ2) is 8.93. The number of hydrogen-bond donors (Lipinski definition) is 3. The third-order valence-corrected chi connectivity index (χ3v) is 4.44. The average Bonchev–Trinajstić information content (AvgIpc) is 2.69. The van der Waals surface area contributed by atoms with E-state index >= 15 is 0 Å². The van der Waals surface area contributed by atoms with Gasteiger partial charge in [0.05, 0.1) is 6.10 Å². The highest BCUT2D eigenvalue weighted by Crippen LogP contribution is 2.12. The molecule has 1 aliphatic rings. The molecule has 0 saturated carbocycles. The number of piperazine rings is 1. The van der Waals surface area contributed by atoms with Crippen LogP contribution in [0.15, 0.2) is 36.4 Å². The number of hydrogen-bond acceptors (Lipinski definition) is 6. The Morgan fingerprint density at radius 2 is 1.92 bits per heavy atom. The molecule has 1 aliphatic heterocycles. The highest BCUT2D eigenvalue weighted by molar-refractivity contribution is 6.30. The number of halogens is 1. The average molecular weight is 376 g/mol. The predicted molar refractivity (Wildman–Crippen MR) is 100 cm³/mol. The van der Waals surface area contributed by atoms with Gasteiger partial charge in [-0.15, -0.1) is 10.2 Å². The summed E-state index contributed by atoms with van der Waals surface area (Å²) in [5, 5.41) is 25.1. The van der Waals surface area contributed by atoms with Crippen LogP contribution in [0.2, 0.25) is 5.02 Å². The number of anilines is 1. The zero-order chi connectivity index (χ0) is 18.4. The van der Waals surface area contributed by atoms with Crippen molar-refractivity contribution in [2.24, 2.45) is 0 Å². The fourth-order valence-electron chi connectivity index (χ4n) is 2.76. The fourth-order valence-corrected chi connectivity index (χ4v) is 2.88. The third-order valence-electron chi connectivity index (χ3n) is 4.19. The van der Waals surface area contributed by atoms with Crippen molar-refractivity contribution >= 4 is 23.3 Å². The van der Waals surface area contributed by atoms with Crippen molar-refractivity contribution in [2.75, 3.05) is 38.0 Å². The van der Waals surface area contributed by atoms with Gasteiger partial charge < -0.3 is 20.6 Å². The van der Waals surface area contributed by atoms with Gasteiger partial charge in [0.1, 0.15) is 5.82 Å². The van der Waals surface area contributed by atoms with Gasteiger partial charge in [-0.3, -0.25) is 4.79 Å². The van der Waals surface area contributed by atoms with Crippen LogP contribution in [0.4, 0.5) is 5.82 Å². The molecule has 26 heavy (non-hydrogen) atoms. The van der Waals surface area contributed by atoms with Crippen LogP contribution >= 0.6 is 11.6 Å². The van der Waals surface area contributed by atoms with Crippen LogP contribution in [0.5, 0.6) is 0 Å². The van der Waals surface area contributed by atoms with Gasteiger partial charge in [-0.05, 0) is 29.8 Å². The second-order valence-electron chi connectivity index (χ2n) is 6.21. The number of carbonyl (C=O) groups excluding carboxylic acids is 1. The third kappa shape index (κ3) is 5.14. The van der Waals surface area contributed by atoms with Gasteiger partial charge in [-0.1, -0.05) is 23.7 Å². The van der Waals surface area contributed by atoms with Crippen LogP contribution in [0, 0.1) is 0 Å². The maximum Gasteiger partial charge on any atom is 0.274 e. The quantitative estimate of drug-likeness (QED) is 0.702. The monoisotopic (exact) mass is 375 g/mol. The number of benzene rings is 1. The summed E-state index contributed by atoms with van der Waals surface area (Å²) < 4.78 is 0. The summed E-state index contributed by atoms with van der Waals surface area (Å²) in [6, 6.07) is 10.7. The maximum absolute atomic E-state index is 12.3. The number of nitrogens with zero attached hydrogens (tertiary/aromatic N) is 3. The smallest absolute Gasteiger partial charge is 0.274 e. The lowest BCUT2D eigenvalue weighted by Gasteiger charge is -2.26. The van der Waals surface area contributed by atoms with E-state index in [1.807, 2.05) is 12.1 Å². The number of rotatable bonds is 6. The number of aliphatic hydroxyl groups is 1. The van der Waals surface area contributed by atoms with E-state index in [4.69, 9.17) is 11.6 Å². The molecule has 2 heterocycles. The molecule has 3 rings (SSSR count). The van der Waals surface area contributed by atoms with Gasteiger partial charge in [-0.25, -0.2) is 0 Å². The number of aliphatic hydroxyl groups excluding tert-OH is 1. The molecule has 7 nitrogen and oxygen atoms in total. The fraction of sp³-hybridized carbons (Fsp3) is 0.389. The van der Waals surface area contributed by atoms with Crippen LogP contribution in [0.1, 0.15) is 16.1 Å². The first-order chi connectivity index (χ1) is 12.6. The van der Waals surface area contributed by atoms with E-state index in [0.29, 0.717) is 42.6 Å². The molecule has 1 atom stereocenters. The summed E-state index contributed by atoms with van der Waals surface area (Å²) in [6.45, 7) is 3.28. The Balaban J connectivity index is 1.49. The molecule has 1 saturated heterocycles. The first-order valence-corrected chi connectivity index (χ1v) is 9.00. The number of nitrogens with one attached hydrogen (secondary N) is 2. The minimum Gasteiger partial charge on any atom is -0.391 e. The van der Waals surface area contributed by atoms with Gasteiger partial charge in [0.15, 0.2) is 5.69 Å². The van der Waals surface area contributed by atoms with Crippen LogP contribution in [-0.2, 0) is 6.42 Å². The minimum atomic E-state index is -0.569. The SMILES string of the molecule is O=C(c1ccc(NCC(O)Cc2ccc(Cl)cc2)nn1)N1CCNCC1. The van der Waals surface area contributed by atoms with Gasteiger partial charge >= 0.3 is 0 Å². The summed E-state index contributed by atoms with van der Waals surface area (Å²) in [4.78, 5) is 14.1. The van der Waals surface area contributed by atoms with E-state index in [9.17, 15) is 9.90 Å². The van der Waals surface area contributed by atoms with Crippen LogP contribution < -0.4 is 10.6 Å². The summed E-state index contributed by atoms with van der Waals surface area (Å²) in [5.74, 6) is 0.422. The summed E-state index contributed by atoms with van der Waals surface area (Å²) >= 11 is 5.85. The van der Waals surface area contributed by atoms with Crippen molar-refractivity contribution in [1.29, 1.82) is 0 Å². The Bertz CT molecular complexity index is 717. The number of amides is 1. The molecule has 0 bridgehead atoms. The summed E-state index contributed by atoms with van der Waals surface area (Å²) in [6.07, 6.45) is -0.0582. The van der Waals surface area contributed by atoms with Crippen LogP contribution in [0.25, 0.3) is 0 Å². The lowest BCUT2D eigenvalue weighted by atomic mass is 10.1. The van der Waals surface area contributed by atoms with E-state index in [0.717, 1.165) is 18.7 Å². The Labute approximate surface area is 157 Å². The first-order valence-electron chi connectivity index (χ1n) is 8.62. The molecule has 2 aromatic rings.